The second-order valence-electron chi connectivity index (χ2n) is 7.69. The largest absolute Gasteiger partial charge is 0.459 e. The van der Waals surface area contributed by atoms with Gasteiger partial charge in [-0.15, -0.1) is 0 Å². The van der Waals surface area contributed by atoms with Gasteiger partial charge in [-0.1, -0.05) is 36.4 Å². The maximum Gasteiger partial charge on any atom is 0.338 e. The number of benzene rings is 2. The molecule has 1 aromatic heterocycles. The molecule has 0 saturated carbocycles. The van der Waals surface area contributed by atoms with Crippen LogP contribution in [0, 0.1) is 6.92 Å². The molecule has 9 nitrogen and oxygen atoms in total. The first-order valence-electron chi connectivity index (χ1n) is 10.4. The van der Waals surface area contributed by atoms with E-state index in [1.165, 1.54) is 19.1 Å². The molecule has 34 heavy (non-hydrogen) atoms. The fraction of sp³-hybridized carbons (Fsp3) is 0.250. The molecule has 3 aromatic rings. The van der Waals surface area contributed by atoms with Crippen LogP contribution in [0.1, 0.15) is 32.5 Å². The van der Waals surface area contributed by atoms with E-state index in [1.54, 1.807) is 48.5 Å². The van der Waals surface area contributed by atoms with Crippen molar-refractivity contribution >= 4 is 11.9 Å². The van der Waals surface area contributed by atoms with Crippen molar-refractivity contribution in [3.8, 4) is 0 Å². The summed E-state index contributed by atoms with van der Waals surface area (Å²) in [6, 6.07) is 16.1. The highest BCUT2D eigenvalue weighted by Gasteiger charge is 2.49. The van der Waals surface area contributed by atoms with Gasteiger partial charge in [-0.25, -0.2) is 18.8 Å². The van der Waals surface area contributed by atoms with E-state index >= 15 is 4.39 Å². The van der Waals surface area contributed by atoms with Gasteiger partial charge in [-0.2, -0.15) is 0 Å². The molecule has 0 unspecified atom stereocenters. The van der Waals surface area contributed by atoms with Gasteiger partial charge in [-0.05, 0) is 31.2 Å². The van der Waals surface area contributed by atoms with Crippen LogP contribution in [-0.2, 0) is 14.2 Å². The third-order valence-corrected chi connectivity index (χ3v) is 5.33. The van der Waals surface area contributed by atoms with Crippen LogP contribution in [0.2, 0.25) is 0 Å². The van der Waals surface area contributed by atoms with E-state index in [1.807, 2.05) is 0 Å². The Balaban J connectivity index is 1.59. The number of H-pyrrole nitrogens is 1. The highest BCUT2D eigenvalue weighted by atomic mass is 18.2. The standard InChI is InChI=1S/C24H21FN2O7/c1-14-12-27(24(31)26-20(14)28)21-18(25)19(34-23(30)16-10-6-3-7-11-16)17(33-21)13-32-22(29)15-8-4-2-5-9-15/h2-12,17-19,21H,13H2,1H3,(H,26,28,31)/t17-,18+,19-,21-/m1/s1/i25-1. The number of carbonyl (C=O) groups is 2. The Hall–Kier alpha value is -4.05. The van der Waals surface area contributed by atoms with Crippen molar-refractivity contribution in [1.29, 1.82) is 0 Å². The number of aryl methyl sites for hydroxylation is 1. The molecule has 1 saturated heterocycles. The molecular weight excluding hydrogens is 446 g/mol. The minimum Gasteiger partial charge on any atom is -0.459 e. The van der Waals surface area contributed by atoms with Crippen molar-refractivity contribution in [3.63, 3.8) is 0 Å². The Kier molecular flexibility index (Phi) is 6.69. The third kappa shape index (κ3) is 4.81. The smallest absolute Gasteiger partial charge is 0.338 e. The number of ether oxygens (including phenoxy) is 3. The van der Waals surface area contributed by atoms with E-state index in [2.05, 4.69) is 4.98 Å². The van der Waals surface area contributed by atoms with E-state index in [9.17, 15) is 19.2 Å². The number of carbonyl (C=O) groups excluding carboxylic acids is 2. The first-order chi connectivity index (χ1) is 16.3. The van der Waals surface area contributed by atoms with Crippen molar-refractivity contribution < 1.29 is 28.2 Å². The van der Waals surface area contributed by atoms with Crippen LogP contribution >= 0.6 is 0 Å². The summed E-state index contributed by atoms with van der Waals surface area (Å²) in [4.78, 5) is 51.0. The molecular formula is C24H21FN2O7. The predicted octanol–water partition coefficient (Wildman–Crippen LogP) is 2.16. The van der Waals surface area contributed by atoms with Gasteiger partial charge in [0.15, 0.2) is 18.5 Å². The normalized spacial score (nSPS) is 21.7. The summed E-state index contributed by atoms with van der Waals surface area (Å²) in [5, 5.41) is 0. The van der Waals surface area contributed by atoms with E-state index in [0.29, 0.717) is 0 Å². The van der Waals surface area contributed by atoms with Crippen LogP contribution in [0.15, 0.2) is 76.4 Å². The van der Waals surface area contributed by atoms with Crippen LogP contribution < -0.4 is 11.2 Å². The molecule has 4 atom stereocenters. The lowest BCUT2D eigenvalue weighted by atomic mass is 10.1. The fourth-order valence-electron chi connectivity index (χ4n) is 3.55. The van der Waals surface area contributed by atoms with Crippen molar-refractivity contribution in [2.45, 2.75) is 31.5 Å². The minimum absolute atomic E-state index is 0.159. The van der Waals surface area contributed by atoms with Crippen molar-refractivity contribution in [1.82, 2.24) is 9.55 Å². The zero-order valence-corrected chi connectivity index (χ0v) is 18.1. The average molecular weight is 467 g/mol. The molecule has 0 radical (unpaired) electrons. The number of nitrogens with one attached hydrogen (secondary N) is 1. The zero-order valence-electron chi connectivity index (χ0n) is 18.1. The van der Waals surface area contributed by atoms with Crippen LogP contribution in [0.25, 0.3) is 0 Å². The topological polar surface area (TPSA) is 117 Å². The SMILES string of the molecule is Cc1cn([C@@H]2O[C@H](COC(=O)c3ccccc3)[C@@H](OC(=O)c3ccccc3)[C@@H]2[18F])c(=O)[nH]c1=O. The predicted molar refractivity (Wildman–Crippen MR) is 117 cm³/mol. The second-order valence-corrected chi connectivity index (χ2v) is 7.69. The van der Waals surface area contributed by atoms with Crippen molar-refractivity contribution in [3.05, 3.63) is 104 Å². The zero-order chi connectivity index (χ0) is 24.2. The Morgan fingerprint density at radius 3 is 2.21 bits per heavy atom. The first kappa shape index (κ1) is 23.1. The number of alkyl halides is 1. The molecule has 10 heteroatoms. The van der Waals surface area contributed by atoms with E-state index in [0.717, 1.165) is 10.8 Å². The van der Waals surface area contributed by atoms with E-state index < -0.39 is 54.4 Å². The first-order valence-corrected chi connectivity index (χ1v) is 10.4. The van der Waals surface area contributed by atoms with Gasteiger partial charge < -0.3 is 14.2 Å². The quantitative estimate of drug-likeness (QED) is 0.552. The number of hydrogen-bond acceptors (Lipinski definition) is 7. The van der Waals surface area contributed by atoms with E-state index in [-0.39, 0.29) is 16.7 Å². The van der Waals surface area contributed by atoms with Gasteiger partial charge in [-0.3, -0.25) is 14.3 Å². The minimum atomic E-state index is -1.99. The van der Waals surface area contributed by atoms with Crippen LogP contribution in [0.4, 0.5) is 4.39 Å². The Labute approximate surface area is 192 Å². The fourth-order valence-corrected chi connectivity index (χ4v) is 3.55. The van der Waals surface area contributed by atoms with Crippen LogP contribution in [0.5, 0.6) is 0 Å². The number of halogens is 1. The molecule has 0 amide bonds. The maximum absolute atomic E-state index is 15.5. The molecule has 2 aromatic carbocycles. The molecule has 1 N–H and O–H groups in total. The lowest BCUT2D eigenvalue weighted by Crippen LogP contribution is -2.38. The number of rotatable bonds is 6. The van der Waals surface area contributed by atoms with Gasteiger partial charge in [0.25, 0.3) is 5.56 Å². The summed E-state index contributed by atoms with van der Waals surface area (Å²) in [6.07, 6.45) is -5.04. The average Bonchev–Trinajstić information content (AvgIpc) is 3.15. The summed E-state index contributed by atoms with van der Waals surface area (Å²) >= 11 is 0. The lowest BCUT2D eigenvalue weighted by Gasteiger charge is -2.19. The summed E-state index contributed by atoms with van der Waals surface area (Å²) < 4.78 is 32.7. The third-order valence-electron chi connectivity index (χ3n) is 5.33. The molecule has 2 heterocycles. The van der Waals surface area contributed by atoms with E-state index in [4.69, 9.17) is 14.2 Å². The molecule has 0 spiro atoms. The molecule has 4 rings (SSSR count). The maximum atomic E-state index is 15.5. The molecule has 1 aliphatic rings. The Bertz CT molecular complexity index is 1290. The molecule has 0 aliphatic carbocycles. The van der Waals surface area contributed by atoms with Crippen LogP contribution in [-0.4, -0.2) is 46.5 Å². The van der Waals surface area contributed by atoms with Gasteiger partial charge in [0.2, 0.25) is 0 Å². The van der Waals surface area contributed by atoms with Crippen molar-refractivity contribution in [2.24, 2.45) is 0 Å². The Morgan fingerprint density at radius 1 is 1.00 bits per heavy atom. The molecule has 1 fully saturated rings. The molecule has 1 aliphatic heterocycles. The highest BCUT2D eigenvalue weighted by Crippen LogP contribution is 2.34. The summed E-state index contributed by atoms with van der Waals surface area (Å²) in [7, 11) is 0. The van der Waals surface area contributed by atoms with Gasteiger partial charge >= 0.3 is 17.6 Å². The highest BCUT2D eigenvalue weighted by molar-refractivity contribution is 5.90. The second kappa shape index (κ2) is 9.84. The lowest BCUT2D eigenvalue weighted by molar-refractivity contribution is -0.0592. The Morgan fingerprint density at radius 2 is 1.59 bits per heavy atom. The van der Waals surface area contributed by atoms with Gasteiger partial charge in [0.05, 0.1) is 11.1 Å². The summed E-state index contributed by atoms with van der Waals surface area (Å²) in [6.45, 7) is 1.01. The summed E-state index contributed by atoms with van der Waals surface area (Å²) in [5.41, 5.74) is -0.880. The van der Waals surface area contributed by atoms with Gasteiger partial charge in [0, 0.05) is 11.8 Å². The number of aromatic amines is 1. The molecule has 0 bridgehead atoms. The van der Waals surface area contributed by atoms with Crippen molar-refractivity contribution in [2.75, 3.05) is 6.61 Å². The monoisotopic (exact) mass is 467 g/mol. The van der Waals surface area contributed by atoms with Crippen LogP contribution in [0.3, 0.4) is 0 Å². The number of hydrogen-bond donors (Lipinski definition) is 1. The summed E-state index contributed by atoms with van der Waals surface area (Å²) in [5.74, 6) is -1.48. The molecule has 176 valence electrons. The number of esters is 2. The number of aromatic nitrogens is 2. The van der Waals surface area contributed by atoms with Gasteiger partial charge in [0.1, 0.15) is 12.7 Å². The number of nitrogens with zero attached hydrogens (tertiary/aromatic N) is 1.